The molecule has 0 heterocycles. The first-order valence-electron chi connectivity index (χ1n) is 5.79. The predicted molar refractivity (Wildman–Crippen MR) is 63.8 cm³/mol. The highest BCUT2D eigenvalue weighted by Gasteiger charge is 2.12. The van der Waals surface area contributed by atoms with Crippen molar-refractivity contribution in [1.29, 1.82) is 0 Å². The summed E-state index contributed by atoms with van der Waals surface area (Å²) in [6, 6.07) is 0.976. The van der Waals surface area contributed by atoms with Crippen molar-refractivity contribution in [2.24, 2.45) is 0 Å². The van der Waals surface area contributed by atoms with E-state index in [0.717, 1.165) is 18.4 Å². The lowest BCUT2D eigenvalue weighted by Gasteiger charge is -2.17. The monoisotopic (exact) mass is 207 g/mol. The largest absolute Gasteiger partial charge is 0.311 e. The number of carbonyl (C=O) groups excluding carboxylic acids is 1. The van der Waals surface area contributed by atoms with E-state index in [0.29, 0.717) is 18.5 Å². The van der Waals surface area contributed by atoms with Gasteiger partial charge in [0, 0.05) is 24.1 Å². The zero-order valence-corrected chi connectivity index (χ0v) is 9.92. The SMILES string of the molecule is CCC(=O)C1=CCC(NC(C)C)CC=C1. The molecule has 0 aromatic heterocycles. The van der Waals surface area contributed by atoms with Crippen molar-refractivity contribution in [2.45, 2.75) is 52.1 Å². The molecule has 1 rings (SSSR count). The van der Waals surface area contributed by atoms with E-state index in [9.17, 15) is 4.79 Å². The van der Waals surface area contributed by atoms with Gasteiger partial charge in [0.25, 0.3) is 0 Å². The van der Waals surface area contributed by atoms with Crippen LogP contribution >= 0.6 is 0 Å². The standard InChI is InChI=1S/C13H21NO/c1-4-13(15)11-6-5-7-12(9-8-11)14-10(2)3/h5-6,8,10,12,14H,4,7,9H2,1-3H3. The second-order valence-electron chi connectivity index (χ2n) is 4.33. The molecule has 1 aliphatic rings. The molecule has 2 nitrogen and oxygen atoms in total. The van der Waals surface area contributed by atoms with Gasteiger partial charge in [-0.05, 0) is 12.8 Å². The van der Waals surface area contributed by atoms with Crippen LogP contribution in [-0.2, 0) is 4.79 Å². The van der Waals surface area contributed by atoms with Crippen LogP contribution in [0.4, 0.5) is 0 Å². The molecule has 0 radical (unpaired) electrons. The van der Waals surface area contributed by atoms with E-state index in [1.165, 1.54) is 0 Å². The summed E-state index contributed by atoms with van der Waals surface area (Å²) in [7, 11) is 0. The fraction of sp³-hybridized carbons (Fsp3) is 0.615. The Hall–Kier alpha value is -0.890. The van der Waals surface area contributed by atoms with E-state index in [4.69, 9.17) is 0 Å². The summed E-state index contributed by atoms with van der Waals surface area (Å²) in [6.07, 6.45) is 8.69. The van der Waals surface area contributed by atoms with Gasteiger partial charge in [0.2, 0.25) is 0 Å². The van der Waals surface area contributed by atoms with Crippen LogP contribution in [0.5, 0.6) is 0 Å². The third-order valence-corrected chi connectivity index (χ3v) is 2.55. The second-order valence-corrected chi connectivity index (χ2v) is 4.33. The van der Waals surface area contributed by atoms with Crippen LogP contribution in [0, 0.1) is 0 Å². The van der Waals surface area contributed by atoms with Crippen LogP contribution in [-0.4, -0.2) is 17.9 Å². The molecular weight excluding hydrogens is 186 g/mol. The first-order chi connectivity index (χ1) is 7.13. The number of allylic oxidation sites excluding steroid dienone is 2. The van der Waals surface area contributed by atoms with Gasteiger partial charge in [-0.1, -0.05) is 39.0 Å². The Labute approximate surface area is 92.4 Å². The number of Topliss-reactive ketones (excluding diaryl/α,β-unsaturated/α-hetero) is 1. The molecule has 0 saturated carbocycles. The Balaban J connectivity index is 2.59. The molecular formula is C13H21NO. The molecule has 1 unspecified atom stereocenters. The summed E-state index contributed by atoms with van der Waals surface area (Å²) in [5.41, 5.74) is 0.880. The van der Waals surface area contributed by atoms with Crippen molar-refractivity contribution >= 4 is 5.78 Å². The van der Waals surface area contributed by atoms with E-state index < -0.39 is 0 Å². The van der Waals surface area contributed by atoms with Crippen molar-refractivity contribution in [3.63, 3.8) is 0 Å². The molecule has 0 aromatic carbocycles. The quantitative estimate of drug-likeness (QED) is 0.767. The van der Waals surface area contributed by atoms with Crippen LogP contribution in [0.2, 0.25) is 0 Å². The van der Waals surface area contributed by atoms with E-state index in [-0.39, 0.29) is 5.78 Å². The van der Waals surface area contributed by atoms with E-state index in [2.05, 4.69) is 31.3 Å². The summed E-state index contributed by atoms with van der Waals surface area (Å²) in [5.74, 6) is 0.247. The molecule has 0 aromatic rings. The van der Waals surface area contributed by atoms with E-state index in [1.54, 1.807) is 0 Å². The zero-order chi connectivity index (χ0) is 11.3. The summed E-state index contributed by atoms with van der Waals surface area (Å²) in [4.78, 5) is 11.5. The van der Waals surface area contributed by atoms with E-state index >= 15 is 0 Å². The second kappa shape index (κ2) is 5.86. The Bertz CT molecular complexity index is 276. The number of hydrogen-bond acceptors (Lipinski definition) is 2. The molecule has 1 N–H and O–H groups in total. The average Bonchev–Trinajstić information content (AvgIpc) is 2.41. The molecule has 1 aliphatic carbocycles. The van der Waals surface area contributed by atoms with Gasteiger partial charge in [-0.3, -0.25) is 4.79 Å². The molecule has 0 aliphatic heterocycles. The van der Waals surface area contributed by atoms with Gasteiger partial charge in [-0.15, -0.1) is 0 Å². The van der Waals surface area contributed by atoms with Crippen LogP contribution in [0.15, 0.2) is 23.8 Å². The van der Waals surface area contributed by atoms with Crippen molar-refractivity contribution in [2.75, 3.05) is 0 Å². The number of hydrogen-bond donors (Lipinski definition) is 1. The Morgan fingerprint density at radius 1 is 1.53 bits per heavy atom. The highest BCUT2D eigenvalue weighted by Crippen LogP contribution is 2.13. The molecule has 0 saturated heterocycles. The highest BCUT2D eigenvalue weighted by molar-refractivity contribution is 5.97. The first kappa shape index (κ1) is 12.2. The summed E-state index contributed by atoms with van der Waals surface area (Å²) >= 11 is 0. The summed E-state index contributed by atoms with van der Waals surface area (Å²) in [6.45, 7) is 6.21. The minimum Gasteiger partial charge on any atom is -0.311 e. The highest BCUT2D eigenvalue weighted by atomic mass is 16.1. The first-order valence-corrected chi connectivity index (χ1v) is 5.79. The maximum atomic E-state index is 11.5. The summed E-state index contributed by atoms with van der Waals surface area (Å²) in [5, 5.41) is 3.49. The van der Waals surface area contributed by atoms with Gasteiger partial charge in [-0.2, -0.15) is 0 Å². The molecule has 0 bridgehead atoms. The van der Waals surface area contributed by atoms with Gasteiger partial charge >= 0.3 is 0 Å². The molecule has 84 valence electrons. The normalized spacial score (nSPS) is 21.3. The molecule has 0 fully saturated rings. The minimum atomic E-state index is 0.247. The Kier molecular flexibility index (Phi) is 4.76. The third-order valence-electron chi connectivity index (χ3n) is 2.55. The number of nitrogens with one attached hydrogen (secondary N) is 1. The van der Waals surface area contributed by atoms with Crippen LogP contribution < -0.4 is 5.32 Å². The molecule has 1 atom stereocenters. The minimum absolute atomic E-state index is 0.247. The lowest BCUT2D eigenvalue weighted by molar-refractivity contribution is -0.115. The molecule has 0 spiro atoms. The Morgan fingerprint density at radius 2 is 2.27 bits per heavy atom. The van der Waals surface area contributed by atoms with Gasteiger partial charge in [-0.25, -0.2) is 0 Å². The Morgan fingerprint density at radius 3 is 2.87 bits per heavy atom. The van der Waals surface area contributed by atoms with Crippen molar-refractivity contribution in [3.05, 3.63) is 23.8 Å². The van der Waals surface area contributed by atoms with Gasteiger partial charge < -0.3 is 5.32 Å². The van der Waals surface area contributed by atoms with Crippen molar-refractivity contribution < 1.29 is 4.79 Å². The molecule has 2 heteroatoms. The summed E-state index contributed by atoms with van der Waals surface area (Å²) < 4.78 is 0. The van der Waals surface area contributed by atoms with Gasteiger partial charge in [0.1, 0.15) is 0 Å². The third kappa shape index (κ3) is 4.00. The fourth-order valence-electron chi connectivity index (χ4n) is 1.81. The lowest BCUT2D eigenvalue weighted by Crippen LogP contribution is -2.33. The van der Waals surface area contributed by atoms with E-state index in [1.807, 2.05) is 13.0 Å². The van der Waals surface area contributed by atoms with Gasteiger partial charge in [0.15, 0.2) is 5.78 Å². The fourth-order valence-corrected chi connectivity index (χ4v) is 1.81. The predicted octanol–water partition coefficient (Wildman–Crippen LogP) is 2.61. The average molecular weight is 207 g/mol. The van der Waals surface area contributed by atoms with Crippen LogP contribution in [0.1, 0.15) is 40.0 Å². The smallest absolute Gasteiger partial charge is 0.162 e. The maximum absolute atomic E-state index is 11.5. The zero-order valence-electron chi connectivity index (χ0n) is 9.92. The van der Waals surface area contributed by atoms with Crippen molar-refractivity contribution in [3.8, 4) is 0 Å². The molecule has 0 amide bonds. The van der Waals surface area contributed by atoms with Crippen LogP contribution in [0.3, 0.4) is 0 Å². The maximum Gasteiger partial charge on any atom is 0.162 e. The lowest BCUT2D eigenvalue weighted by atomic mass is 10.1. The molecule has 15 heavy (non-hydrogen) atoms. The number of rotatable bonds is 4. The van der Waals surface area contributed by atoms with Crippen molar-refractivity contribution in [1.82, 2.24) is 5.32 Å². The topological polar surface area (TPSA) is 29.1 Å². The van der Waals surface area contributed by atoms with Crippen LogP contribution in [0.25, 0.3) is 0 Å². The van der Waals surface area contributed by atoms with Gasteiger partial charge in [0.05, 0.1) is 0 Å². The number of carbonyl (C=O) groups is 1. The number of ketones is 1.